The molecule has 2 bridgehead atoms. The summed E-state index contributed by atoms with van der Waals surface area (Å²) in [4.78, 5) is 0. The lowest BCUT2D eigenvalue weighted by Gasteiger charge is -2.42. The third-order valence-corrected chi connectivity index (χ3v) is 5.79. The van der Waals surface area contributed by atoms with Crippen LogP contribution in [-0.4, -0.2) is 49.9 Å². The number of phenols is 1. The number of H-pyrrole nitrogens is 1. The highest BCUT2D eigenvalue weighted by Crippen LogP contribution is 2.33. The molecule has 8 heteroatoms. The number of hydrogen-bond acceptors (Lipinski definition) is 6. The molecule has 150 valence electrons. The number of nitrogens with zero attached hydrogens (tertiary/aromatic N) is 3. The zero-order chi connectivity index (χ0) is 19.8. The van der Waals surface area contributed by atoms with Crippen LogP contribution in [0.4, 0.5) is 4.39 Å². The number of halogens is 1. The molecular weight excluding hydrogens is 373 g/mol. The number of rotatable bonds is 4. The Kier molecular flexibility index (Phi) is 4.63. The zero-order valence-corrected chi connectivity index (χ0v) is 15.8. The number of ether oxygens (including phenoxy) is 1. The first-order valence-electron chi connectivity index (χ1n) is 9.90. The van der Waals surface area contributed by atoms with E-state index in [1.54, 1.807) is 36.7 Å². The Morgan fingerprint density at radius 2 is 2.03 bits per heavy atom. The Morgan fingerprint density at radius 1 is 1.10 bits per heavy atom. The van der Waals surface area contributed by atoms with Gasteiger partial charge in [-0.25, -0.2) is 4.39 Å². The number of phenolic OH excluding ortho intramolecular Hbond substituents is 1. The third kappa shape index (κ3) is 3.55. The van der Waals surface area contributed by atoms with Crippen molar-refractivity contribution in [2.24, 2.45) is 0 Å². The maximum atomic E-state index is 14.7. The predicted octanol–water partition coefficient (Wildman–Crippen LogP) is 3.24. The molecule has 0 spiro atoms. The van der Waals surface area contributed by atoms with Gasteiger partial charge in [0.1, 0.15) is 11.9 Å². The summed E-state index contributed by atoms with van der Waals surface area (Å²) >= 11 is 0. The molecule has 2 aliphatic rings. The van der Waals surface area contributed by atoms with E-state index < -0.39 is 12.3 Å². The molecule has 3 aromatic rings. The molecule has 2 saturated heterocycles. The number of benzene rings is 1. The summed E-state index contributed by atoms with van der Waals surface area (Å²) in [6, 6.07) is 8.91. The summed E-state index contributed by atoms with van der Waals surface area (Å²) in [5.74, 6) is 0.401. The smallest absolute Gasteiger partial charge is 0.233 e. The van der Waals surface area contributed by atoms with Crippen LogP contribution in [0.15, 0.2) is 42.7 Å². The lowest BCUT2D eigenvalue weighted by atomic mass is 9.84. The number of hydrogen-bond donors (Lipinski definition) is 3. The van der Waals surface area contributed by atoms with E-state index in [1.165, 1.54) is 0 Å². The number of alkyl halides is 1. The summed E-state index contributed by atoms with van der Waals surface area (Å²) in [5.41, 5.74) is 2.82. The normalized spacial score (nSPS) is 26.2. The van der Waals surface area contributed by atoms with Crippen LogP contribution in [0, 0.1) is 0 Å². The fourth-order valence-electron chi connectivity index (χ4n) is 4.29. The molecule has 0 radical (unpaired) electrons. The van der Waals surface area contributed by atoms with Crippen molar-refractivity contribution in [3.05, 3.63) is 42.7 Å². The maximum absolute atomic E-state index is 14.7. The largest absolute Gasteiger partial charge is 0.507 e. The number of aromatic amines is 1. The van der Waals surface area contributed by atoms with Gasteiger partial charge in [-0.2, -0.15) is 5.10 Å². The van der Waals surface area contributed by atoms with Gasteiger partial charge in [0.05, 0.1) is 11.9 Å². The van der Waals surface area contributed by atoms with Crippen molar-refractivity contribution in [1.82, 2.24) is 25.7 Å². The van der Waals surface area contributed by atoms with Gasteiger partial charge in [0.25, 0.3) is 0 Å². The molecule has 3 N–H and O–H groups in total. The van der Waals surface area contributed by atoms with E-state index in [0.717, 1.165) is 30.4 Å². The molecule has 5 rings (SSSR count). The molecule has 0 aliphatic carbocycles. The molecule has 0 amide bonds. The van der Waals surface area contributed by atoms with Gasteiger partial charge in [-0.1, -0.05) is 12.5 Å². The number of aromatic hydroxyl groups is 1. The van der Waals surface area contributed by atoms with E-state index in [-0.39, 0.29) is 11.8 Å². The fourth-order valence-corrected chi connectivity index (χ4v) is 4.29. The van der Waals surface area contributed by atoms with Crippen LogP contribution in [0.1, 0.15) is 25.7 Å². The molecule has 4 heterocycles. The Hall–Kier alpha value is -3.00. The van der Waals surface area contributed by atoms with E-state index >= 15 is 0 Å². The van der Waals surface area contributed by atoms with Crippen molar-refractivity contribution in [1.29, 1.82) is 0 Å². The highest BCUT2D eigenvalue weighted by Gasteiger charge is 2.41. The molecule has 7 nitrogen and oxygen atoms in total. The Labute approximate surface area is 167 Å². The van der Waals surface area contributed by atoms with E-state index in [9.17, 15) is 9.50 Å². The zero-order valence-electron chi connectivity index (χ0n) is 15.8. The summed E-state index contributed by atoms with van der Waals surface area (Å²) in [6.07, 6.45) is 5.49. The second-order valence-electron chi connectivity index (χ2n) is 7.71. The summed E-state index contributed by atoms with van der Waals surface area (Å²) < 4.78 is 20.5. The topological polar surface area (TPSA) is 96.0 Å². The van der Waals surface area contributed by atoms with Gasteiger partial charge in [0.15, 0.2) is 6.17 Å². The minimum absolute atomic E-state index is 0.0988. The number of piperidine rings is 2. The second-order valence-corrected chi connectivity index (χ2v) is 7.71. The van der Waals surface area contributed by atoms with E-state index in [2.05, 4.69) is 25.7 Å². The van der Waals surface area contributed by atoms with Crippen LogP contribution < -0.4 is 10.1 Å². The minimum atomic E-state index is -1.05. The summed E-state index contributed by atoms with van der Waals surface area (Å²) in [6.45, 7) is 0. The molecule has 0 unspecified atom stereocenters. The van der Waals surface area contributed by atoms with Crippen molar-refractivity contribution in [2.45, 2.75) is 50.0 Å². The molecule has 1 aromatic carbocycles. The van der Waals surface area contributed by atoms with E-state index in [1.807, 2.05) is 6.07 Å². The number of fused-ring (bicyclic) bond motifs is 2. The Bertz CT molecular complexity index is 979. The molecule has 2 aromatic heterocycles. The van der Waals surface area contributed by atoms with Gasteiger partial charge in [-0.15, -0.1) is 10.2 Å². The van der Waals surface area contributed by atoms with Crippen LogP contribution in [-0.2, 0) is 0 Å². The summed E-state index contributed by atoms with van der Waals surface area (Å²) in [7, 11) is 0. The molecule has 0 saturated carbocycles. The predicted molar refractivity (Wildman–Crippen MR) is 105 cm³/mol. The Morgan fingerprint density at radius 3 is 2.79 bits per heavy atom. The van der Waals surface area contributed by atoms with Crippen molar-refractivity contribution in [3.63, 3.8) is 0 Å². The first-order chi connectivity index (χ1) is 14.2. The number of aromatic nitrogens is 4. The molecule has 2 aliphatic heterocycles. The maximum Gasteiger partial charge on any atom is 0.233 e. The van der Waals surface area contributed by atoms with Gasteiger partial charge < -0.3 is 15.2 Å². The van der Waals surface area contributed by atoms with Crippen molar-refractivity contribution >= 4 is 0 Å². The highest BCUT2D eigenvalue weighted by molar-refractivity contribution is 5.73. The first kappa shape index (κ1) is 18.1. The molecule has 4 atom stereocenters. The Balaban J connectivity index is 1.31. The minimum Gasteiger partial charge on any atom is -0.507 e. The number of nitrogens with one attached hydrogen (secondary N) is 2. The van der Waals surface area contributed by atoms with Crippen LogP contribution >= 0.6 is 0 Å². The van der Waals surface area contributed by atoms with Crippen molar-refractivity contribution in [3.8, 4) is 34.0 Å². The van der Waals surface area contributed by atoms with Crippen LogP contribution in [0.5, 0.6) is 11.6 Å². The highest BCUT2D eigenvalue weighted by atomic mass is 19.1. The van der Waals surface area contributed by atoms with Gasteiger partial charge >= 0.3 is 0 Å². The van der Waals surface area contributed by atoms with E-state index in [4.69, 9.17) is 4.74 Å². The van der Waals surface area contributed by atoms with Gasteiger partial charge in [-0.05, 0) is 36.6 Å². The van der Waals surface area contributed by atoms with Gasteiger partial charge in [0, 0.05) is 41.9 Å². The van der Waals surface area contributed by atoms with Crippen LogP contribution in [0.2, 0.25) is 0 Å². The first-order valence-corrected chi connectivity index (χ1v) is 9.90. The summed E-state index contributed by atoms with van der Waals surface area (Å²) in [5, 5.41) is 28.7. The average molecular weight is 395 g/mol. The van der Waals surface area contributed by atoms with Crippen LogP contribution in [0.25, 0.3) is 22.4 Å². The monoisotopic (exact) mass is 395 g/mol. The van der Waals surface area contributed by atoms with E-state index in [0.29, 0.717) is 29.6 Å². The fraction of sp³-hybridized carbons (Fsp3) is 0.381. The van der Waals surface area contributed by atoms with Gasteiger partial charge in [0.2, 0.25) is 5.88 Å². The second kappa shape index (κ2) is 7.44. The van der Waals surface area contributed by atoms with Crippen molar-refractivity contribution < 1.29 is 14.2 Å². The molecule has 2 fully saturated rings. The SMILES string of the molecule is Oc1cc(-c2cn[nH]c2)ccc1-c1ccc(O[C@@H]2C[C@H]3CCC[C@H](N3)[C@H]2F)nn1. The van der Waals surface area contributed by atoms with Crippen LogP contribution in [0.3, 0.4) is 0 Å². The lowest BCUT2D eigenvalue weighted by Crippen LogP contribution is -2.59. The lowest BCUT2D eigenvalue weighted by molar-refractivity contribution is 0.00652. The van der Waals surface area contributed by atoms with Gasteiger partial charge in [-0.3, -0.25) is 5.10 Å². The van der Waals surface area contributed by atoms with Crippen molar-refractivity contribution in [2.75, 3.05) is 0 Å². The molecular formula is C21H22FN5O2. The third-order valence-electron chi connectivity index (χ3n) is 5.79. The standard InChI is InChI=1S/C21H22FN5O2/c22-21-17-3-1-2-14(25-17)9-19(21)29-20-7-6-16(26-27-20)15-5-4-12(8-18(15)28)13-10-23-24-11-13/h4-8,10-11,14,17,19,21,25,28H,1-3,9H2,(H,23,24)/t14-,17+,19-,21-/m1/s1. The average Bonchev–Trinajstić information content (AvgIpc) is 3.28. The quantitative estimate of drug-likeness (QED) is 0.628. The molecule has 29 heavy (non-hydrogen) atoms.